The number of para-hydroxylation sites is 2. The highest BCUT2D eigenvalue weighted by atomic mass is 16.5. The van der Waals surface area contributed by atoms with Gasteiger partial charge in [0.25, 0.3) is 0 Å². The van der Waals surface area contributed by atoms with E-state index in [0.29, 0.717) is 26.1 Å². The van der Waals surface area contributed by atoms with Gasteiger partial charge in [0.05, 0.1) is 23.2 Å². The third kappa shape index (κ3) is 2.84. The van der Waals surface area contributed by atoms with Crippen LogP contribution < -0.4 is 5.32 Å². The van der Waals surface area contributed by atoms with E-state index in [1.165, 1.54) is 0 Å². The zero-order valence-electron chi connectivity index (χ0n) is 12.7. The third-order valence-electron chi connectivity index (χ3n) is 4.30. The van der Waals surface area contributed by atoms with Crippen LogP contribution in [0.1, 0.15) is 18.7 Å². The SMILES string of the molecule is Cc1nc2ccccc2n1CC(=O)NC1(CO)CCOCC1. The summed E-state index contributed by atoms with van der Waals surface area (Å²) in [6, 6.07) is 7.76. The predicted molar refractivity (Wildman–Crippen MR) is 82.5 cm³/mol. The molecular formula is C16H21N3O3. The number of nitrogens with zero attached hydrogens (tertiary/aromatic N) is 2. The van der Waals surface area contributed by atoms with Gasteiger partial charge in [-0.25, -0.2) is 4.98 Å². The van der Waals surface area contributed by atoms with Crippen LogP contribution in [0.4, 0.5) is 0 Å². The van der Waals surface area contributed by atoms with Gasteiger partial charge in [0, 0.05) is 13.2 Å². The van der Waals surface area contributed by atoms with Gasteiger partial charge in [-0.05, 0) is 31.9 Å². The van der Waals surface area contributed by atoms with E-state index in [9.17, 15) is 9.90 Å². The lowest BCUT2D eigenvalue weighted by Gasteiger charge is -2.36. The number of hydrogen-bond donors (Lipinski definition) is 2. The lowest BCUT2D eigenvalue weighted by Crippen LogP contribution is -2.55. The van der Waals surface area contributed by atoms with Crippen molar-refractivity contribution in [2.45, 2.75) is 31.8 Å². The monoisotopic (exact) mass is 303 g/mol. The highest BCUT2D eigenvalue weighted by molar-refractivity contribution is 5.81. The topological polar surface area (TPSA) is 76.4 Å². The largest absolute Gasteiger partial charge is 0.394 e. The predicted octanol–water partition coefficient (Wildman–Crippen LogP) is 1.00. The van der Waals surface area contributed by atoms with E-state index in [1.54, 1.807) is 0 Å². The van der Waals surface area contributed by atoms with Gasteiger partial charge in [0.15, 0.2) is 0 Å². The molecule has 6 nitrogen and oxygen atoms in total. The van der Waals surface area contributed by atoms with Gasteiger partial charge in [-0.2, -0.15) is 0 Å². The quantitative estimate of drug-likeness (QED) is 0.883. The Morgan fingerprint density at radius 3 is 2.86 bits per heavy atom. The molecule has 3 rings (SSSR count). The van der Waals surface area contributed by atoms with Crippen LogP contribution in [0.2, 0.25) is 0 Å². The minimum absolute atomic E-state index is 0.0637. The first-order valence-electron chi connectivity index (χ1n) is 7.55. The van der Waals surface area contributed by atoms with Gasteiger partial charge in [-0.3, -0.25) is 4.79 Å². The van der Waals surface area contributed by atoms with Crippen LogP contribution >= 0.6 is 0 Å². The van der Waals surface area contributed by atoms with Crippen LogP contribution in [0.3, 0.4) is 0 Å². The molecule has 1 aliphatic rings. The summed E-state index contributed by atoms with van der Waals surface area (Å²) in [6.07, 6.45) is 1.28. The standard InChI is InChI=1S/C16H21N3O3/c1-12-17-13-4-2-3-5-14(13)19(12)10-15(21)18-16(11-20)6-8-22-9-7-16/h2-5,20H,6-11H2,1H3,(H,18,21). The Kier molecular flexibility index (Phi) is 4.13. The number of aliphatic hydroxyl groups is 1. The normalized spacial score (nSPS) is 17.5. The number of benzene rings is 1. The van der Waals surface area contributed by atoms with E-state index in [2.05, 4.69) is 10.3 Å². The van der Waals surface area contributed by atoms with Crippen LogP contribution in [-0.2, 0) is 16.1 Å². The molecule has 1 fully saturated rings. The number of ether oxygens (including phenoxy) is 1. The molecule has 2 aromatic rings. The molecule has 1 aromatic heterocycles. The van der Waals surface area contributed by atoms with Gasteiger partial charge in [0.2, 0.25) is 5.91 Å². The van der Waals surface area contributed by atoms with Crippen molar-refractivity contribution in [1.29, 1.82) is 0 Å². The Bertz CT molecular complexity index is 674. The minimum Gasteiger partial charge on any atom is -0.394 e. The Morgan fingerprint density at radius 2 is 2.14 bits per heavy atom. The summed E-state index contributed by atoms with van der Waals surface area (Å²) in [5, 5.41) is 12.6. The zero-order chi connectivity index (χ0) is 15.6. The third-order valence-corrected chi connectivity index (χ3v) is 4.30. The van der Waals surface area contributed by atoms with E-state index in [1.807, 2.05) is 35.8 Å². The molecule has 6 heteroatoms. The Morgan fingerprint density at radius 1 is 1.41 bits per heavy atom. The Hall–Kier alpha value is -1.92. The molecule has 0 spiro atoms. The van der Waals surface area contributed by atoms with Crippen molar-refractivity contribution in [1.82, 2.24) is 14.9 Å². The molecule has 1 amide bonds. The van der Waals surface area contributed by atoms with E-state index in [-0.39, 0.29) is 19.1 Å². The second kappa shape index (κ2) is 6.06. The number of fused-ring (bicyclic) bond motifs is 1. The summed E-state index contributed by atoms with van der Waals surface area (Å²) < 4.78 is 7.21. The average molecular weight is 303 g/mol. The number of amides is 1. The lowest BCUT2D eigenvalue weighted by molar-refractivity contribution is -0.125. The van der Waals surface area contributed by atoms with Crippen molar-refractivity contribution in [3.05, 3.63) is 30.1 Å². The minimum atomic E-state index is -0.556. The molecule has 0 radical (unpaired) electrons. The van der Waals surface area contributed by atoms with Gasteiger partial charge >= 0.3 is 0 Å². The van der Waals surface area contributed by atoms with Crippen LogP contribution in [0.5, 0.6) is 0 Å². The van der Waals surface area contributed by atoms with Crippen LogP contribution in [0.15, 0.2) is 24.3 Å². The number of imidazole rings is 1. The van der Waals surface area contributed by atoms with Gasteiger partial charge in [-0.1, -0.05) is 12.1 Å². The highest BCUT2D eigenvalue weighted by Crippen LogP contribution is 2.20. The number of carbonyl (C=O) groups excluding carboxylic acids is 1. The number of aryl methyl sites for hydroxylation is 1. The number of aromatic nitrogens is 2. The maximum Gasteiger partial charge on any atom is 0.240 e. The fourth-order valence-electron chi connectivity index (χ4n) is 2.96. The number of aliphatic hydroxyl groups excluding tert-OH is 1. The number of rotatable bonds is 4. The van der Waals surface area contributed by atoms with Gasteiger partial charge in [-0.15, -0.1) is 0 Å². The second-order valence-corrected chi connectivity index (χ2v) is 5.83. The first kappa shape index (κ1) is 15.0. The molecular weight excluding hydrogens is 282 g/mol. The Balaban J connectivity index is 1.77. The second-order valence-electron chi connectivity index (χ2n) is 5.83. The maximum absolute atomic E-state index is 12.4. The summed E-state index contributed by atoms with van der Waals surface area (Å²) in [5.74, 6) is 0.698. The van der Waals surface area contributed by atoms with Crippen molar-refractivity contribution in [2.24, 2.45) is 0 Å². The van der Waals surface area contributed by atoms with Gasteiger partial charge < -0.3 is 19.7 Å². The van der Waals surface area contributed by atoms with Gasteiger partial charge in [0.1, 0.15) is 12.4 Å². The number of nitrogens with one attached hydrogen (secondary N) is 1. The molecule has 2 heterocycles. The summed E-state index contributed by atoms with van der Waals surface area (Å²) in [4.78, 5) is 16.9. The maximum atomic E-state index is 12.4. The molecule has 118 valence electrons. The fraction of sp³-hybridized carbons (Fsp3) is 0.500. The first-order chi connectivity index (χ1) is 10.6. The molecule has 0 saturated carbocycles. The average Bonchev–Trinajstić information content (AvgIpc) is 2.84. The summed E-state index contributed by atoms with van der Waals surface area (Å²) in [5.41, 5.74) is 1.27. The highest BCUT2D eigenvalue weighted by Gasteiger charge is 2.33. The van der Waals surface area contributed by atoms with Crippen LogP contribution in [-0.4, -0.2) is 45.9 Å². The molecule has 22 heavy (non-hydrogen) atoms. The molecule has 1 saturated heterocycles. The molecule has 1 aromatic carbocycles. The molecule has 1 aliphatic heterocycles. The molecule has 0 unspecified atom stereocenters. The number of carbonyl (C=O) groups is 1. The van der Waals surface area contributed by atoms with E-state index in [4.69, 9.17) is 4.74 Å². The fourth-order valence-corrected chi connectivity index (χ4v) is 2.96. The number of hydrogen-bond acceptors (Lipinski definition) is 4. The lowest BCUT2D eigenvalue weighted by atomic mass is 9.91. The summed E-state index contributed by atoms with van der Waals surface area (Å²) >= 11 is 0. The van der Waals surface area contributed by atoms with Crippen molar-refractivity contribution in [3.8, 4) is 0 Å². The molecule has 0 aliphatic carbocycles. The summed E-state index contributed by atoms with van der Waals surface area (Å²) in [7, 11) is 0. The first-order valence-corrected chi connectivity index (χ1v) is 7.55. The molecule has 0 atom stereocenters. The smallest absolute Gasteiger partial charge is 0.240 e. The van der Waals surface area contributed by atoms with Crippen molar-refractivity contribution in [2.75, 3.05) is 19.8 Å². The molecule has 2 N–H and O–H groups in total. The Labute approximate surface area is 129 Å². The molecule has 0 bridgehead atoms. The van der Waals surface area contributed by atoms with Crippen molar-refractivity contribution >= 4 is 16.9 Å². The van der Waals surface area contributed by atoms with E-state index < -0.39 is 5.54 Å². The zero-order valence-corrected chi connectivity index (χ0v) is 12.7. The van der Waals surface area contributed by atoms with Crippen molar-refractivity contribution < 1.29 is 14.6 Å². The van der Waals surface area contributed by atoms with Crippen LogP contribution in [0.25, 0.3) is 11.0 Å². The van der Waals surface area contributed by atoms with Crippen molar-refractivity contribution in [3.63, 3.8) is 0 Å². The van der Waals surface area contributed by atoms with E-state index in [0.717, 1.165) is 16.9 Å². The summed E-state index contributed by atoms with van der Waals surface area (Å²) in [6.45, 7) is 3.16. The van der Waals surface area contributed by atoms with Crippen LogP contribution in [0, 0.1) is 6.92 Å². The van der Waals surface area contributed by atoms with E-state index >= 15 is 0 Å².